The quantitative estimate of drug-likeness (QED) is 0.0477. The van der Waals surface area contributed by atoms with Crippen LogP contribution in [0.25, 0.3) is 0 Å². The second-order valence-electron chi connectivity index (χ2n) is 22.7. The van der Waals surface area contributed by atoms with Crippen molar-refractivity contribution in [1.82, 2.24) is 0 Å². The molecule has 3 fully saturated rings. The fraction of sp³-hybridized carbons (Fsp3) is 0.382. The Hall–Kier alpha value is -5.89. The van der Waals surface area contributed by atoms with E-state index in [1.54, 1.807) is 24.3 Å². The molecular weight excluding hydrogens is 1070 g/mol. The van der Waals surface area contributed by atoms with Gasteiger partial charge in [-0.05, 0) is 78.7 Å². The second-order valence-corrected chi connectivity index (χ2v) is 24.7. The smallest absolute Gasteiger partial charge is 0.399 e. The van der Waals surface area contributed by atoms with Crippen LogP contribution < -0.4 is 5.46 Å². The van der Waals surface area contributed by atoms with E-state index in [1.807, 2.05) is 210 Å². The maximum absolute atomic E-state index is 15.0. The summed E-state index contributed by atoms with van der Waals surface area (Å²) in [6.45, 7) is 11.6. The zero-order valence-corrected chi connectivity index (χ0v) is 48.9. The van der Waals surface area contributed by atoms with Crippen LogP contribution in [0.3, 0.4) is 0 Å². The molecule has 0 N–H and O–H groups in total. The average Bonchev–Trinajstić information content (AvgIpc) is 3.84. The summed E-state index contributed by atoms with van der Waals surface area (Å²) < 4.78 is 106. The fourth-order valence-corrected chi connectivity index (χ4v) is 12.2. The molecule has 0 saturated carbocycles. The molecule has 10 rings (SSSR count). The van der Waals surface area contributed by atoms with Gasteiger partial charge in [-0.25, -0.2) is 8.42 Å². The summed E-state index contributed by atoms with van der Waals surface area (Å²) >= 11 is 0. The minimum absolute atomic E-state index is 0.0142. The zero-order chi connectivity index (χ0) is 57.7. The molecule has 0 radical (unpaired) electrons. The normalized spacial score (nSPS) is 25.0. The Bertz CT molecular complexity index is 3130. The molecular formula is C68H77BO13S. The van der Waals surface area contributed by atoms with Crippen molar-refractivity contribution < 1.29 is 60.4 Å². The molecule has 3 heterocycles. The molecule has 3 aliphatic rings. The second kappa shape index (κ2) is 28.3. The lowest BCUT2D eigenvalue weighted by atomic mass is 9.79. The number of benzene rings is 7. The lowest BCUT2D eigenvalue weighted by molar-refractivity contribution is -0.351. The highest BCUT2D eigenvalue weighted by Crippen LogP contribution is 2.39. The van der Waals surface area contributed by atoms with E-state index in [2.05, 4.69) is 6.92 Å². The van der Waals surface area contributed by atoms with Crippen LogP contribution in [0.15, 0.2) is 211 Å². The van der Waals surface area contributed by atoms with E-state index in [4.69, 9.17) is 51.9 Å². The molecule has 13 nitrogen and oxygen atoms in total. The topological polar surface area (TPSA) is 136 Å². The van der Waals surface area contributed by atoms with Gasteiger partial charge in [0, 0.05) is 5.92 Å². The van der Waals surface area contributed by atoms with E-state index in [-0.39, 0.29) is 50.5 Å². The highest BCUT2D eigenvalue weighted by molar-refractivity contribution is 7.91. The van der Waals surface area contributed by atoms with Crippen molar-refractivity contribution in [2.75, 3.05) is 19.0 Å². The van der Waals surface area contributed by atoms with E-state index >= 15 is 8.42 Å². The van der Waals surface area contributed by atoms with Gasteiger partial charge in [0.05, 0.1) is 80.8 Å². The third-order valence-corrected chi connectivity index (χ3v) is 17.8. The molecule has 15 heteroatoms. The highest BCUT2D eigenvalue weighted by Gasteiger charge is 2.55. The SMILES string of the molecule is C[C@@H]1C(OCc2ccccc2)[C@H](O[C@@H]2C(COCc3ccccc3)O[C@@H](CS(=O)(=O)c3ccc(B4OC(C)(C)C(C)(C)O4)cc3)C(OCc3ccccc3)[C@@H]2OCc2ccccc2)OC(COCc2ccccc2)[C@H]1OCc1ccccc1. The molecule has 83 heavy (non-hydrogen) atoms. The van der Waals surface area contributed by atoms with Gasteiger partial charge in [0.2, 0.25) is 0 Å². The Morgan fingerprint density at radius 2 is 0.771 bits per heavy atom. The molecule has 10 atom stereocenters. The van der Waals surface area contributed by atoms with Crippen LogP contribution in [-0.2, 0) is 101 Å². The van der Waals surface area contributed by atoms with Crippen LogP contribution in [0.2, 0.25) is 0 Å². The molecule has 3 saturated heterocycles. The number of ether oxygens (including phenoxy) is 9. The van der Waals surface area contributed by atoms with Crippen LogP contribution in [-0.4, -0.2) is 101 Å². The van der Waals surface area contributed by atoms with Gasteiger partial charge >= 0.3 is 7.12 Å². The van der Waals surface area contributed by atoms with Gasteiger partial charge in [0.1, 0.15) is 42.7 Å². The summed E-state index contributed by atoms with van der Waals surface area (Å²) in [5, 5.41) is 0. The average molecular weight is 1150 g/mol. The van der Waals surface area contributed by atoms with E-state index in [1.165, 1.54) is 0 Å². The maximum atomic E-state index is 15.0. The first-order valence-electron chi connectivity index (χ1n) is 28.8. The van der Waals surface area contributed by atoms with Gasteiger partial charge in [-0.15, -0.1) is 0 Å². The van der Waals surface area contributed by atoms with Crippen LogP contribution in [0, 0.1) is 5.92 Å². The number of hydrogen-bond donors (Lipinski definition) is 0. The molecule has 4 unspecified atom stereocenters. The highest BCUT2D eigenvalue weighted by atomic mass is 32.2. The summed E-state index contributed by atoms with van der Waals surface area (Å²) in [5.74, 6) is -0.789. The minimum Gasteiger partial charge on any atom is -0.399 e. The van der Waals surface area contributed by atoms with Gasteiger partial charge in [0.25, 0.3) is 0 Å². The largest absolute Gasteiger partial charge is 0.494 e. The zero-order valence-electron chi connectivity index (χ0n) is 48.1. The van der Waals surface area contributed by atoms with Gasteiger partial charge in [-0.3, -0.25) is 0 Å². The number of hydrogen-bond acceptors (Lipinski definition) is 13. The third kappa shape index (κ3) is 15.9. The summed E-state index contributed by atoms with van der Waals surface area (Å²) in [7, 11) is -4.77. The van der Waals surface area contributed by atoms with Gasteiger partial charge < -0.3 is 51.9 Å². The number of sulfone groups is 1. The van der Waals surface area contributed by atoms with Crippen molar-refractivity contribution in [2.24, 2.45) is 5.92 Å². The van der Waals surface area contributed by atoms with E-state index in [0.717, 1.165) is 33.4 Å². The predicted molar refractivity (Wildman–Crippen MR) is 318 cm³/mol. The lowest BCUT2D eigenvalue weighted by Crippen LogP contribution is -2.65. The molecule has 7 aromatic carbocycles. The van der Waals surface area contributed by atoms with Crippen molar-refractivity contribution >= 4 is 22.4 Å². The number of rotatable bonds is 26. The van der Waals surface area contributed by atoms with E-state index in [9.17, 15) is 0 Å². The molecule has 3 aliphatic heterocycles. The van der Waals surface area contributed by atoms with E-state index in [0.29, 0.717) is 18.7 Å². The van der Waals surface area contributed by atoms with E-state index < -0.39 is 89.0 Å². The maximum Gasteiger partial charge on any atom is 0.494 e. The molecule has 0 spiro atoms. The summed E-state index contributed by atoms with van der Waals surface area (Å²) in [5.41, 5.74) is 5.26. The van der Waals surface area contributed by atoms with Crippen molar-refractivity contribution in [3.8, 4) is 0 Å². The summed E-state index contributed by atoms with van der Waals surface area (Å²) in [6, 6.07) is 66.2. The Morgan fingerprint density at radius 3 is 1.19 bits per heavy atom. The van der Waals surface area contributed by atoms with Crippen molar-refractivity contribution in [1.29, 1.82) is 0 Å². The predicted octanol–water partition coefficient (Wildman–Crippen LogP) is 11.0. The molecule has 0 bridgehead atoms. The molecule has 0 amide bonds. The van der Waals surface area contributed by atoms with Crippen LogP contribution >= 0.6 is 0 Å². The fourth-order valence-electron chi connectivity index (χ4n) is 10.7. The third-order valence-electron chi connectivity index (χ3n) is 16.1. The minimum atomic E-state index is -4.10. The Morgan fingerprint density at radius 1 is 0.410 bits per heavy atom. The molecule has 436 valence electrons. The first kappa shape index (κ1) is 60.2. The van der Waals surface area contributed by atoms with Gasteiger partial charge in [-0.1, -0.05) is 201 Å². The summed E-state index contributed by atoms with van der Waals surface area (Å²) in [4.78, 5) is 0.104. The molecule has 0 aliphatic carbocycles. The molecule has 7 aromatic rings. The van der Waals surface area contributed by atoms with Crippen LogP contribution in [0.1, 0.15) is 68.0 Å². The van der Waals surface area contributed by atoms with Crippen molar-refractivity contribution in [3.05, 3.63) is 240 Å². The Kier molecular flexibility index (Phi) is 20.6. The Balaban J connectivity index is 1.02. The monoisotopic (exact) mass is 1140 g/mol. The van der Waals surface area contributed by atoms with Crippen molar-refractivity contribution in [3.63, 3.8) is 0 Å². The summed E-state index contributed by atoms with van der Waals surface area (Å²) in [6.07, 6.45) is -7.96. The van der Waals surface area contributed by atoms with Gasteiger partial charge in [-0.2, -0.15) is 0 Å². The first-order valence-corrected chi connectivity index (χ1v) is 30.4. The molecule has 0 aromatic heterocycles. The Labute approximate surface area is 490 Å². The van der Waals surface area contributed by atoms with Crippen LogP contribution in [0.5, 0.6) is 0 Å². The van der Waals surface area contributed by atoms with Crippen LogP contribution in [0.4, 0.5) is 0 Å². The lowest BCUT2D eigenvalue weighted by Gasteiger charge is -2.50. The first-order chi connectivity index (χ1) is 40.3. The van der Waals surface area contributed by atoms with Crippen molar-refractivity contribution in [2.45, 2.75) is 145 Å². The van der Waals surface area contributed by atoms with Gasteiger partial charge in [0.15, 0.2) is 16.1 Å². The standard InChI is InChI=1S/C68H77BO13S/c1-49-61(74-42-52-28-16-8-17-29-52)58(46-72-40-50-24-12-6-13-25-50)79-66(62(49)75-43-53-30-18-9-19-31-53)80-64-59(47-73-41-51-26-14-7-15-27-51)78-60(48-83(70,71)57-38-36-56(37-39-57)69-81-67(2,3)68(4,5)82-69)63(76-44-54-32-20-10-21-33-54)65(64)77-45-55-34-22-11-23-35-55/h6-39,49,58-66H,40-48H2,1-5H3/t49-,58?,59?,60-,61-,62?,63?,64+,65-,66-/m0/s1.